The third-order valence-electron chi connectivity index (χ3n) is 6.37. The smallest absolute Gasteiger partial charge is 0.339 e. The van der Waals surface area contributed by atoms with Gasteiger partial charge >= 0.3 is 5.97 Å². The third-order valence-corrected chi connectivity index (χ3v) is 6.37. The third kappa shape index (κ3) is 4.09. The fourth-order valence-electron chi connectivity index (χ4n) is 4.93. The molecule has 1 aliphatic carbocycles. The summed E-state index contributed by atoms with van der Waals surface area (Å²) in [5.41, 5.74) is 2.17. The average Bonchev–Trinajstić information content (AvgIpc) is 2.82. The van der Waals surface area contributed by atoms with Crippen molar-refractivity contribution in [2.75, 3.05) is 13.2 Å². The van der Waals surface area contributed by atoms with Gasteiger partial charge in [0.05, 0.1) is 17.2 Å². The normalized spacial score (nSPS) is 20.7. The van der Waals surface area contributed by atoms with E-state index in [-0.39, 0.29) is 12.5 Å². The van der Waals surface area contributed by atoms with Crippen LogP contribution in [0.3, 0.4) is 0 Å². The molecule has 0 aromatic heterocycles. The van der Waals surface area contributed by atoms with E-state index in [2.05, 4.69) is 6.07 Å². The van der Waals surface area contributed by atoms with Crippen LogP contribution in [0.1, 0.15) is 54.4 Å². The molecule has 0 radical (unpaired) electrons. The number of esters is 1. The van der Waals surface area contributed by atoms with Gasteiger partial charge in [0.1, 0.15) is 0 Å². The molecule has 4 rings (SSSR count). The number of rotatable bonds is 4. The maximum absolute atomic E-state index is 12.8. The summed E-state index contributed by atoms with van der Waals surface area (Å²) in [7, 11) is 0. The Kier molecular flexibility index (Phi) is 6.13. The summed E-state index contributed by atoms with van der Waals surface area (Å²) < 4.78 is 5.45. The summed E-state index contributed by atoms with van der Waals surface area (Å²) in [5.74, 6) is -0.0471. The number of fused-ring (bicyclic) bond motifs is 1. The number of amides is 1. The maximum atomic E-state index is 12.8. The molecule has 0 unspecified atom stereocenters. The Morgan fingerprint density at radius 3 is 2.50 bits per heavy atom. The van der Waals surface area contributed by atoms with Gasteiger partial charge in [0.15, 0.2) is 6.61 Å². The van der Waals surface area contributed by atoms with Gasteiger partial charge in [-0.2, -0.15) is 5.26 Å². The highest BCUT2D eigenvalue weighted by atomic mass is 16.5. The lowest BCUT2D eigenvalue weighted by Crippen LogP contribution is -2.50. The van der Waals surface area contributed by atoms with E-state index in [0.29, 0.717) is 34.2 Å². The van der Waals surface area contributed by atoms with E-state index in [9.17, 15) is 14.9 Å². The molecule has 2 fully saturated rings. The molecule has 0 spiro atoms. The molecule has 5 nitrogen and oxygen atoms in total. The Morgan fingerprint density at radius 1 is 0.967 bits per heavy atom. The van der Waals surface area contributed by atoms with Gasteiger partial charge in [0, 0.05) is 18.2 Å². The minimum Gasteiger partial charge on any atom is -0.452 e. The molecule has 0 bridgehead atoms. The number of hydrogen-bond donors (Lipinski definition) is 0. The summed E-state index contributed by atoms with van der Waals surface area (Å²) in [6.45, 7) is 0.514. The summed E-state index contributed by atoms with van der Waals surface area (Å²) in [6, 6.07) is 16.7. The largest absolute Gasteiger partial charge is 0.452 e. The highest BCUT2D eigenvalue weighted by Gasteiger charge is 2.35. The van der Waals surface area contributed by atoms with Gasteiger partial charge in [-0.15, -0.1) is 0 Å². The van der Waals surface area contributed by atoms with Crippen LogP contribution in [0, 0.1) is 17.2 Å². The number of hydrogen-bond acceptors (Lipinski definition) is 4. The van der Waals surface area contributed by atoms with Crippen LogP contribution in [0.4, 0.5) is 0 Å². The van der Waals surface area contributed by atoms with Gasteiger partial charge in [0.2, 0.25) is 0 Å². The second kappa shape index (κ2) is 9.13. The van der Waals surface area contributed by atoms with Gasteiger partial charge in [0.25, 0.3) is 5.91 Å². The Hall–Kier alpha value is -3.13. The molecular weight excluding hydrogens is 376 g/mol. The molecule has 154 valence electrons. The number of likely N-dealkylation sites (tertiary alicyclic amines) is 1. The van der Waals surface area contributed by atoms with Gasteiger partial charge in [-0.25, -0.2) is 4.79 Å². The van der Waals surface area contributed by atoms with Gasteiger partial charge in [-0.3, -0.25) is 4.79 Å². The summed E-state index contributed by atoms with van der Waals surface area (Å²) in [4.78, 5) is 27.6. The zero-order valence-electron chi connectivity index (χ0n) is 17.0. The van der Waals surface area contributed by atoms with Crippen LogP contribution in [0.15, 0.2) is 48.5 Å². The number of ether oxygens (including phenoxy) is 1. The molecular formula is C25H26N2O3. The van der Waals surface area contributed by atoms with Crippen LogP contribution in [0.25, 0.3) is 11.1 Å². The highest BCUT2D eigenvalue weighted by Crippen LogP contribution is 2.35. The van der Waals surface area contributed by atoms with Crippen LogP contribution in [-0.4, -0.2) is 36.0 Å². The zero-order valence-corrected chi connectivity index (χ0v) is 17.0. The predicted octanol–water partition coefficient (Wildman–Crippen LogP) is 4.56. The maximum Gasteiger partial charge on any atom is 0.339 e. The molecule has 2 aromatic carbocycles. The first-order valence-electron chi connectivity index (χ1n) is 10.7. The van der Waals surface area contributed by atoms with Crippen molar-refractivity contribution in [1.82, 2.24) is 4.90 Å². The van der Waals surface area contributed by atoms with Crippen molar-refractivity contribution in [2.45, 2.75) is 44.6 Å². The van der Waals surface area contributed by atoms with Crippen molar-refractivity contribution in [3.63, 3.8) is 0 Å². The lowest BCUT2D eigenvalue weighted by Gasteiger charge is -2.44. The fourth-order valence-corrected chi connectivity index (χ4v) is 4.93. The number of nitriles is 1. The Labute approximate surface area is 177 Å². The van der Waals surface area contributed by atoms with Crippen LogP contribution in [0.5, 0.6) is 0 Å². The summed E-state index contributed by atoms with van der Waals surface area (Å²) >= 11 is 0. The standard InChI is InChI=1S/C25H26N2O3/c26-16-19-9-1-3-11-20(19)21-12-4-5-13-22(21)25(29)30-17-24(28)27-15-7-10-18-8-2-6-14-23(18)27/h1,3-5,9,11-13,18,23H,2,6-8,10,14-15,17H2/t18-,23-/m0/s1. The van der Waals surface area contributed by atoms with Gasteiger partial charge in [-0.05, 0) is 49.3 Å². The second-order valence-corrected chi connectivity index (χ2v) is 8.12. The molecule has 1 aliphatic heterocycles. The zero-order chi connectivity index (χ0) is 20.9. The first-order chi connectivity index (χ1) is 14.7. The van der Waals surface area contributed by atoms with Gasteiger partial charge < -0.3 is 9.64 Å². The Bertz CT molecular complexity index is 976. The van der Waals surface area contributed by atoms with Crippen LogP contribution in [0.2, 0.25) is 0 Å². The topological polar surface area (TPSA) is 70.4 Å². The van der Waals surface area contributed by atoms with Crippen LogP contribution >= 0.6 is 0 Å². The second-order valence-electron chi connectivity index (χ2n) is 8.12. The highest BCUT2D eigenvalue weighted by molar-refractivity contribution is 5.99. The van der Waals surface area contributed by atoms with Crippen molar-refractivity contribution in [1.29, 1.82) is 5.26 Å². The molecule has 2 aromatic rings. The fraction of sp³-hybridized carbons (Fsp3) is 0.400. The number of nitrogens with zero attached hydrogens (tertiary/aromatic N) is 2. The van der Waals surface area contributed by atoms with Crippen molar-refractivity contribution >= 4 is 11.9 Å². The minimum absolute atomic E-state index is 0.102. The molecule has 1 saturated heterocycles. The Balaban J connectivity index is 1.47. The lowest BCUT2D eigenvalue weighted by atomic mass is 9.78. The van der Waals surface area contributed by atoms with Crippen molar-refractivity contribution in [3.8, 4) is 17.2 Å². The van der Waals surface area contributed by atoms with Crippen LogP contribution < -0.4 is 0 Å². The summed E-state index contributed by atoms with van der Waals surface area (Å²) in [6.07, 6.45) is 6.88. The minimum atomic E-state index is -0.538. The molecule has 30 heavy (non-hydrogen) atoms. The lowest BCUT2D eigenvalue weighted by molar-refractivity contribution is -0.140. The van der Waals surface area contributed by atoms with E-state index in [0.717, 1.165) is 25.8 Å². The SMILES string of the molecule is N#Cc1ccccc1-c1ccccc1C(=O)OCC(=O)N1CCC[C@@H]2CCCC[C@@H]21. The molecule has 1 heterocycles. The van der Waals surface area contributed by atoms with Crippen molar-refractivity contribution in [3.05, 3.63) is 59.7 Å². The van der Waals surface area contributed by atoms with E-state index in [4.69, 9.17) is 4.74 Å². The predicted molar refractivity (Wildman–Crippen MR) is 114 cm³/mol. The molecule has 5 heteroatoms. The van der Waals surface area contributed by atoms with E-state index in [1.165, 1.54) is 19.3 Å². The molecule has 1 amide bonds. The first-order valence-corrected chi connectivity index (χ1v) is 10.7. The number of piperidine rings is 1. The average molecular weight is 402 g/mol. The van der Waals surface area contributed by atoms with E-state index in [1.54, 1.807) is 30.3 Å². The molecule has 0 N–H and O–H groups in total. The van der Waals surface area contributed by atoms with Crippen LogP contribution in [-0.2, 0) is 9.53 Å². The van der Waals surface area contributed by atoms with E-state index >= 15 is 0 Å². The van der Waals surface area contributed by atoms with E-state index in [1.807, 2.05) is 23.1 Å². The number of carbonyl (C=O) groups excluding carboxylic acids is 2. The Morgan fingerprint density at radius 2 is 1.67 bits per heavy atom. The molecule has 2 atom stereocenters. The summed E-state index contributed by atoms with van der Waals surface area (Å²) in [5, 5.41) is 9.41. The first kappa shape index (κ1) is 20.2. The number of benzene rings is 2. The quantitative estimate of drug-likeness (QED) is 0.703. The van der Waals surface area contributed by atoms with E-state index < -0.39 is 5.97 Å². The van der Waals surface area contributed by atoms with Gasteiger partial charge in [-0.1, -0.05) is 49.2 Å². The molecule has 1 saturated carbocycles. The van der Waals surface area contributed by atoms with Crippen molar-refractivity contribution in [2.24, 2.45) is 5.92 Å². The monoisotopic (exact) mass is 402 g/mol. The molecule has 2 aliphatic rings. The van der Waals surface area contributed by atoms with Crippen molar-refractivity contribution < 1.29 is 14.3 Å². The number of carbonyl (C=O) groups is 2.